The standard InChI is InChI=1S/C21H26N6OS2/c1-13(7-22-20-23-9-16(29-3)10-24-20)8-25-21-26-17-5-4-15(6-18(17)30-21)19(28)27-11-14(2)12-27/h4-6,9-10,13-14H,7-8,11-12H2,1-3H3,(H,25,26)(H,22,23,24)/t13-/m0/s1. The highest BCUT2D eigenvalue weighted by molar-refractivity contribution is 7.98. The summed E-state index contributed by atoms with van der Waals surface area (Å²) >= 11 is 3.21. The van der Waals surface area contributed by atoms with Crippen LogP contribution in [0.4, 0.5) is 11.1 Å². The van der Waals surface area contributed by atoms with Gasteiger partial charge in [0.1, 0.15) is 0 Å². The number of likely N-dealkylation sites (tertiary alicyclic amines) is 1. The second-order valence-electron chi connectivity index (χ2n) is 7.83. The van der Waals surface area contributed by atoms with Gasteiger partial charge >= 0.3 is 0 Å². The van der Waals surface area contributed by atoms with E-state index in [0.29, 0.717) is 17.8 Å². The summed E-state index contributed by atoms with van der Waals surface area (Å²) < 4.78 is 1.03. The first-order valence-corrected chi connectivity index (χ1v) is 12.1. The summed E-state index contributed by atoms with van der Waals surface area (Å²) in [5, 5.41) is 7.56. The maximum absolute atomic E-state index is 12.5. The molecule has 0 aliphatic carbocycles. The average molecular weight is 443 g/mol. The number of thiazole rings is 1. The van der Waals surface area contributed by atoms with Gasteiger partial charge in [-0.3, -0.25) is 4.79 Å². The van der Waals surface area contributed by atoms with E-state index in [1.54, 1.807) is 23.1 Å². The molecule has 2 aromatic heterocycles. The lowest BCUT2D eigenvalue weighted by Crippen LogP contribution is -2.48. The van der Waals surface area contributed by atoms with Crippen molar-refractivity contribution in [3.05, 3.63) is 36.2 Å². The van der Waals surface area contributed by atoms with Crippen LogP contribution in [0.2, 0.25) is 0 Å². The average Bonchev–Trinajstić information content (AvgIpc) is 3.16. The molecule has 0 spiro atoms. The quantitative estimate of drug-likeness (QED) is 0.509. The minimum atomic E-state index is 0.116. The van der Waals surface area contributed by atoms with Crippen LogP contribution in [0.15, 0.2) is 35.5 Å². The summed E-state index contributed by atoms with van der Waals surface area (Å²) in [7, 11) is 0. The van der Waals surface area contributed by atoms with Crippen LogP contribution in [-0.2, 0) is 0 Å². The molecule has 2 N–H and O–H groups in total. The van der Waals surface area contributed by atoms with Gasteiger partial charge in [0.2, 0.25) is 5.95 Å². The molecule has 0 bridgehead atoms. The summed E-state index contributed by atoms with van der Waals surface area (Å²) in [4.78, 5) is 28.8. The van der Waals surface area contributed by atoms with E-state index in [9.17, 15) is 4.79 Å². The number of nitrogens with zero attached hydrogens (tertiary/aromatic N) is 4. The van der Waals surface area contributed by atoms with E-state index in [-0.39, 0.29) is 5.91 Å². The minimum Gasteiger partial charge on any atom is -0.361 e. The second-order valence-corrected chi connectivity index (χ2v) is 9.74. The first-order valence-electron chi connectivity index (χ1n) is 10.1. The summed E-state index contributed by atoms with van der Waals surface area (Å²) in [5.41, 5.74) is 1.67. The third-order valence-corrected chi connectivity index (χ3v) is 6.72. The van der Waals surface area contributed by atoms with Gasteiger partial charge < -0.3 is 15.5 Å². The highest BCUT2D eigenvalue weighted by Crippen LogP contribution is 2.28. The maximum Gasteiger partial charge on any atom is 0.253 e. The molecular weight excluding hydrogens is 416 g/mol. The van der Waals surface area contributed by atoms with Crippen LogP contribution in [0.1, 0.15) is 24.2 Å². The molecule has 1 fully saturated rings. The fourth-order valence-corrected chi connectivity index (χ4v) is 4.52. The maximum atomic E-state index is 12.5. The molecule has 1 aliphatic rings. The van der Waals surface area contributed by atoms with Crippen LogP contribution in [-0.4, -0.2) is 58.2 Å². The predicted octanol–water partition coefficient (Wildman–Crippen LogP) is 4.06. The van der Waals surface area contributed by atoms with E-state index in [4.69, 9.17) is 0 Å². The number of anilines is 2. The van der Waals surface area contributed by atoms with Crippen molar-refractivity contribution in [1.29, 1.82) is 0 Å². The summed E-state index contributed by atoms with van der Waals surface area (Å²) in [6.07, 6.45) is 5.66. The molecule has 7 nitrogen and oxygen atoms in total. The van der Waals surface area contributed by atoms with Gasteiger partial charge in [0.25, 0.3) is 5.91 Å². The van der Waals surface area contributed by atoms with Crippen LogP contribution in [0, 0.1) is 11.8 Å². The molecule has 4 rings (SSSR count). The third-order valence-electron chi connectivity index (χ3n) is 5.06. The van der Waals surface area contributed by atoms with Crippen LogP contribution < -0.4 is 10.6 Å². The molecule has 0 radical (unpaired) electrons. The van der Waals surface area contributed by atoms with E-state index < -0.39 is 0 Å². The van der Waals surface area contributed by atoms with Gasteiger partial charge in [-0.15, -0.1) is 11.8 Å². The molecule has 1 aromatic carbocycles. The zero-order chi connectivity index (χ0) is 21.1. The summed E-state index contributed by atoms with van der Waals surface area (Å²) in [6.45, 7) is 7.58. The highest BCUT2D eigenvalue weighted by atomic mass is 32.2. The van der Waals surface area contributed by atoms with Crippen LogP contribution in [0.5, 0.6) is 0 Å². The molecular formula is C21H26N6OS2. The van der Waals surface area contributed by atoms with Crippen molar-refractivity contribution in [3.8, 4) is 0 Å². The Morgan fingerprint density at radius 1 is 1.27 bits per heavy atom. The number of benzene rings is 1. The molecule has 3 heterocycles. The first kappa shape index (κ1) is 20.9. The number of hydrogen-bond acceptors (Lipinski definition) is 8. The van der Waals surface area contributed by atoms with Crippen molar-refractivity contribution >= 4 is 50.3 Å². The first-order chi connectivity index (χ1) is 14.5. The topological polar surface area (TPSA) is 83.0 Å². The normalized spacial score (nSPS) is 15.1. The Kier molecular flexibility index (Phi) is 6.38. The molecule has 3 aromatic rings. The smallest absolute Gasteiger partial charge is 0.253 e. The fourth-order valence-electron chi connectivity index (χ4n) is 3.29. The molecule has 0 saturated carbocycles. The number of carbonyl (C=O) groups is 1. The predicted molar refractivity (Wildman–Crippen MR) is 125 cm³/mol. The van der Waals surface area contributed by atoms with Gasteiger partial charge in [0, 0.05) is 49.0 Å². The lowest BCUT2D eigenvalue weighted by atomic mass is 10.0. The Labute approximate surface area is 184 Å². The lowest BCUT2D eigenvalue weighted by Gasteiger charge is -2.37. The monoisotopic (exact) mass is 442 g/mol. The van der Waals surface area contributed by atoms with Crippen molar-refractivity contribution < 1.29 is 4.79 Å². The van der Waals surface area contributed by atoms with E-state index >= 15 is 0 Å². The molecule has 1 amide bonds. The summed E-state index contributed by atoms with van der Waals surface area (Å²) in [6, 6.07) is 5.78. The van der Waals surface area contributed by atoms with Gasteiger partial charge in [-0.2, -0.15) is 0 Å². The fraction of sp³-hybridized carbons (Fsp3) is 0.429. The van der Waals surface area contributed by atoms with Crippen molar-refractivity contribution in [1.82, 2.24) is 19.9 Å². The molecule has 0 unspecified atom stereocenters. The van der Waals surface area contributed by atoms with Crippen LogP contribution in [0.25, 0.3) is 10.2 Å². The van der Waals surface area contributed by atoms with Gasteiger partial charge in [-0.1, -0.05) is 25.2 Å². The Balaban J connectivity index is 1.30. The molecule has 9 heteroatoms. The van der Waals surface area contributed by atoms with E-state index in [2.05, 4.69) is 39.4 Å². The largest absolute Gasteiger partial charge is 0.361 e. The number of rotatable bonds is 8. The van der Waals surface area contributed by atoms with E-state index in [1.807, 2.05) is 41.7 Å². The number of aromatic nitrogens is 3. The van der Waals surface area contributed by atoms with E-state index in [0.717, 1.165) is 52.0 Å². The zero-order valence-electron chi connectivity index (χ0n) is 17.4. The van der Waals surface area contributed by atoms with Crippen molar-refractivity contribution in [2.45, 2.75) is 18.7 Å². The number of hydrogen-bond donors (Lipinski definition) is 2. The summed E-state index contributed by atoms with van der Waals surface area (Å²) in [5.74, 6) is 1.74. The van der Waals surface area contributed by atoms with Gasteiger partial charge in [0.05, 0.1) is 10.2 Å². The SMILES string of the molecule is CSc1cnc(NC[C@H](C)CNc2nc3ccc(C(=O)N4CC(C)C4)cc3s2)nc1. The second kappa shape index (κ2) is 9.18. The number of amides is 1. The van der Waals surface area contributed by atoms with Crippen molar-refractivity contribution in [2.75, 3.05) is 43.1 Å². The van der Waals surface area contributed by atoms with Crippen molar-refractivity contribution in [2.24, 2.45) is 11.8 Å². The number of nitrogens with one attached hydrogen (secondary N) is 2. The van der Waals surface area contributed by atoms with E-state index in [1.165, 1.54) is 0 Å². The molecule has 1 atom stereocenters. The molecule has 158 valence electrons. The Bertz CT molecular complexity index is 1020. The Morgan fingerprint density at radius 2 is 2.00 bits per heavy atom. The minimum absolute atomic E-state index is 0.116. The molecule has 1 saturated heterocycles. The number of fused-ring (bicyclic) bond motifs is 1. The van der Waals surface area contributed by atoms with Gasteiger partial charge in [0.15, 0.2) is 5.13 Å². The van der Waals surface area contributed by atoms with Crippen LogP contribution in [0.3, 0.4) is 0 Å². The molecule has 30 heavy (non-hydrogen) atoms. The Hall–Kier alpha value is -2.39. The number of thioether (sulfide) groups is 1. The molecule has 1 aliphatic heterocycles. The third kappa shape index (κ3) is 4.84. The van der Waals surface area contributed by atoms with Crippen molar-refractivity contribution in [3.63, 3.8) is 0 Å². The van der Waals surface area contributed by atoms with Gasteiger partial charge in [-0.05, 0) is 36.3 Å². The lowest BCUT2D eigenvalue weighted by molar-refractivity contribution is 0.0530. The van der Waals surface area contributed by atoms with Gasteiger partial charge in [-0.25, -0.2) is 15.0 Å². The Morgan fingerprint density at radius 3 is 2.70 bits per heavy atom. The number of carbonyl (C=O) groups excluding carboxylic acids is 1. The van der Waals surface area contributed by atoms with Crippen LogP contribution >= 0.6 is 23.1 Å². The zero-order valence-corrected chi connectivity index (χ0v) is 19.0. The highest BCUT2D eigenvalue weighted by Gasteiger charge is 2.28.